The average molecular weight is 309 g/mol. The molecule has 1 heterocycles. The van der Waals surface area contributed by atoms with E-state index in [1.165, 1.54) is 6.08 Å². The van der Waals surface area contributed by atoms with Gasteiger partial charge in [0.1, 0.15) is 11.4 Å². The van der Waals surface area contributed by atoms with Crippen molar-refractivity contribution in [2.75, 3.05) is 23.1 Å². The summed E-state index contributed by atoms with van der Waals surface area (Å²) in [7, 11) is 1.57. The van der Waals surface area contributed by atoms with E-state index in [9.17, 15) is 9.59 Å². The van der Waals surface area contributed by atoms with Crippen LogP contribution in [-0.2, 0) is 9.59 Å². The van der Waals surface area contributed by atoms with Crippen LogP contribution in [0.3, 0.4) is 0 Å². The largest absolute Gasteiger partial charge is 0.497 e. The molecule has 0 saturated carbocycles. The number of fused-ring (bicyclic) bond motifs is 1. The maximum absolute atomic E-state index is 12.1. The predicted molar refractivity (Wildman–Crippen MR) is 88.4 cm³/mol. The molecule has 0 bridgehead atoms. The Balaban J connectivity index is 1.73. The number of amides is 2. The number of anilines is 3. The van der Waals surface area contributed by atoms with E-state index >= 15 is 0 Å². The van der Waals surface area contributed by atoms with Crippen LogP contribution in [0.4, 0.5) is 17.1 Å². The lowest BCUT2D eigenvalue weighted by atomic mass is 10.2. The molecule has 0 spiro atoms. The first-order valence-corrected chi connectivity index (χ1v) is 7.00. The number of carbonyl (C=O) groups excluding carboxylic acids is 2. The van der Waals surface area contributed by atoms with Gasteiger partial charge in [-0.15, -0.1) is 0 Å². The van der Waals surface area contributed by atoms with Crippen molar-refractivity contribution >= 4 is 28.9 Å². The van der Waals surface area contributed by atoms with Crippen LogP contribution in [0, 0.1) is 0 Å². The van der Waals surface area contributed by atoms with Gasteiger partial charge in [0.15, 0.2) is 0 Å². The molecule has 2 aromatic carbocycles. The topological polar surface area (TPSA) is 79.5 Å². The van der Waals surface area contributed by atoms with Gasteiger partial charge in [-0.25, -0.2) is 0 Å². The van der Waals surface area contributed by atoms with E-state index in [1.807, 2.05) is 18.2 Å². The molecule has 6 nitrogen and oxygen atoms in total. The van der Waals surface area contributed by atoms with E-state index in [1.54, 1.807) is 37.4 Å². The van der Waals surface area contributed by atoms with E-state index < -0.39 is 5.91 Å². The predicted octanol–water partition coefficient (Wildman–Crippen LogP) is 2.58. The first kappa shape index (κ1) is 14.6. The van der Waals surface area contributed by atoms with Crippen LogP contribution in [0.15, 0.2) is 60.3 Å². The summed E-state index contributed by atoms with van der Waals surface area (Å²) >= 11 is 0. The van der Waals surface area contributed by atoms with Crippen LogP contribution in [-0.4, -0.2) is 18.9 Å². The fraction of sp³-hybridized carbons (Fsp3) is 0.0588. The normalized spacial score (nSPS) is 14.5. The van der Waals surface area contributed by atoms with Gasteiger partial charge < -0.3 is 20.7 Å². The van der Waals surface area contributed by atoms with Gasteiger partial charge in [0.25, 0.3) is 11.8 Å². The van der Waals surface area contributed by atoms with Gasteiger partial charge in [0.05, 0.1) is 18.5 Å². The highest BCUT2D eigenvalue weighted by Crippen LogP contribution is 2.27. The number of methoxy groups -OCH3 is 1. The van der Waals surface area contributed by atoms with Crippen LogP contribution < -0.4 is 20.7 Å². The van der Waals surface area contributed by atoms with Gasteiger partial charge in [0, 0.05) is 11.8 Å². The van der Waals surface area contributed by atoms with E-state index in [0.29, 0.717) is 17.1 Å². The summed E-state index contributed by atoms with van der Waals surface area (Å²) in [6, 6.07) is 14.2. The molecule has 6 heteroatoms. The number of rotatable bonds is 3. The van der Waals surface area contributed by atoms with Crippen molar-refractivity contribution < 1.29 is 14.3 Å². The Hall–Kier alpha value is -3.28. The molecule has 2 amide bonds. The Labute approximate surface area is 133 Å². The molecule has 1 aliphatic rings. The second-order valence-corrected chi connectivity index (χ2v) is 4.90. The summed E-state index contributed by atoms with van der Waals surface area (Å²) in [5.74, 6) is -0.0490. The van der Waals surface area contributed by atoms with E-state index in [0.717, 1.165) is 5.69 Å². The van der Waals surface area contributed by atoms with Crippen molar-refractivity contribution in [3.8, 4) is 5.75 Å². The molecule has 3 rings (SSSR count). The maximum atomic E-state index is 12.1. The van der Waals surface area contributed by atoms with E-state index in [-0.39, 0.29) is 11.6 Å². The molecule has 116 valence electrons. The number of carbonyl (C=O) groups is 2. The smallest absolute Gasteiger partial charge is 0.272 e. The monoisotopic (exact) mass is 309 g/mol. The Kier molecular flexibility index (Phi) is 3.97. The minimum Gasteiger partial charge on any atom is -0.497 e. The molecular weight excluding hydrogens is 294 g/mol. The SMILES string of the molecule is COc1ccc(NC(=O)/C=C2\Nc3ccccc3NC2=O)cc1. The second-order valence-electron chi connectivity index (χ2n) is 4.90. The first-order valence-electron chi connectivity index (χ1n) is 7.00. The van der Waals surface area contributed by atoms with Crippen molar-refractivity contribution in [1.29, 1.82) is 0 Å². The fourth-order valence-electron chi connectivity index (χ4n) is 2.18. The van der Waals surface area contributed by atoms with Crippen LogP contribution >= 0.6 is 0 Å². The Morgan fingerprint density at radius 2 is 1.70 bits per heavy atom. The fourth-order valence-corrected chi connectivity index (χ4v) is 2.18. The lowest BCUT2D eigenvalue weighted by Crippen LogP contribution is -2.27. The number of hydrogen-bond acceptors (Lipinski definition) is 4. The summed E-state index contributed by atoms with van der Waals surface area (Å²) in [5.41, 5.74) is 2.24. The minimum atomic E-state index is -0.396. The molecule has 23 heavy (non-hydrogen) atoms. The van der Waals surface area contributed by atoms with Crippen LogP contribution in [0.5, 0.6) is 5.75 Å². The highest BCUT2D eigenvalue weighted by molar-refractivity contribution is 6.15. The zero-order chi connectivity index (χ0) is 16.2. The van der Waals surface area contributed by atoms with Crippen LogP contribution in [0.1, 0.15) is 0 Å². The number of nitrogens with one attached hydrogen (secondary N) is 3. The molecule has 0 aliphatic carbocycles. The zero-order valence-electron chi connectivity index (χ0n) is 12.4. The van der Waals surface area contributed by atoms with Crippen molar-refractivity contribution in [2.45, 2.75) is 0 Å². The third-order valence-electron chi connectivity index (χ3n) is 3.32. The average Bonchev–Trinajstić information content (AvgIpc) is 2.56. The van der Waals surface area contributed by atoms with Gasteiger partial charge in [-0.05, 0) is 36.4 Å². The number of ether oxygens (including phenoxy) is 1. The molecule has 3 N–H and O–H groups in total. The van der Waals surface area contributed by atoms with Crippen molar-refractivity contribution in [2.24, 2.45) is 0 Å². The quantitative estimate of drug-likeness (QED) is 0.761. The second kappa shape index (κ2) is 6.23. The van der Waals surface area contributed by atoms with Crippen molar-refractivity contribution in [1.82, 2.24) is 0 Å². The Morgan fingerprint density at radius 3 is 2.35 bits per heavy atom. The van der Waals surface area contributed by atoms with E-state index in [2.05, 4.69) is 16.0 Å². The molecule has 0 radical (unpaired) electrons. The summed E-state index contributed by atoms with van der Waals surface area (Å²) in [6.07, 6.45) is 1.23. The third kappa shape index (κ3) is 3.32. The summed E-state index contributed by atoms with van der Waals surface area (Å²) in [6.45, 7) is 0. The third-order valence-corrected chi connectivity index (χ3v) is 3.32. The lowest BCUT2D eigenvalue weighted by molar-refractivity contribution is -0.114. The van der Waals surface area contributed by atoms with Gasteiger partial charge in [-0.3, -0.25) is 9.59 Å². The van der Waals surface area contributed by atoms with Crippen molar-refractivity contribution in [3.63, 3.8) is 0 Å². The molecule has 1 aliphatic heterocycles. The molecule has 0 saturated heterocycles. The number of benzene rings is 2. The molecular formula is C17H15N3O3. The maximum Gasteiger partial charge on any atom is 0.272 e. The minimum absolute atomic E-state index is 0.190. The standard InChI is InChI=1S/C17H15N3O3/c1-23-12-8-6-11(7-9-12)18-16(21)10-15-17(22)20-14-5-3-2-4-13(14)19-15/h2-10,19H,1H3,(H,18,21)(H,20,22)/b15-10-. The highest BCUT2D eigenvalue weighted by atomic mass is 16.5. The van der Waals surface area contributed by atoms with Crippen molar-refractivity contribution in [3.05, 3.63) is 60.3 Å². The molecule has 2 aromatic rings. The Morgan fingerprint density at radius 1 is 1.04 bits per heavy atom. The van der Waals surface area contributed by atoms with Gasteiger partial charge in [0.2, 0.25) is 0 Å². The number of para-hydroxylation sites is 2. The first-order chi connectivity index (χ1) is 11.2. The molecule has 0 atom stereocenters. The zero-order valence-corrected chi connectivity index (χ0v) is 12.4. The Bertz CT molecular complexity index is 782. The molecule has 0 fully saturated rings. The van der Waals surface area contributed by atoms with Gasteiger partial charge in [-0.1, -0.05) is 12.1 Å². The van der Waals surface area contributed by atoms with Crippen LogP contribution in [0.2, 0.25) is 0 Å². The molecule has 0 unspecified atom stereocenters. The van der Waals surface area contributed by atoms with Gasteiger partial charge >= 0.3 is 0 Å². The van der Waals surface area contributed by atoms with Crippen LogP contribution in [0.25, 0.3) is 0 Å². The van der Waals surface area contributed by atoms with E-state index in [4.69, 9.17) is 4.74 Å². The summed E-state index contributed by atoms with van der Waals surface area (Å²) < 4.78 is 5.06. The van der Waals surface area contributed by atoms with Gasteiger partial charge in [-0.2, -0.15) is 0 Å². The molecule has 0 aromatic heterocycles. The highest BCUT2D eigenvalue weighted by Gasteiger charge is 2.19. The number of hydrogen-bond donors (Lipinski definition) is 3. The lowest BCUT2D eigenvalue weighted by Gasteiger charge is -2.20. The summed E-state index contributed by atoms with van der Waals surface area (Å²) in [5, 5.41) is 8.37. The summed E-state index contributed by atoms with van der Waals surface area (Å²) in [4.78, 5) is 24.0.